The Kier molecular flexibility index (Phi) is 5.98. The molecular formula is C13H24N2O5S. The molecule has 0 aliphatic carbocycles. The summed E-state index contributed by atoms with van der Waals surface area (Å²) in [5, 5.41) is 0. The van der Waals surface area contributed by atoms with Crippen LogP contribution in [0.5, 0.6) is 0 Å². The molecule has 0 bridgehead atoms. The molecule has 0 aromatic heterocycles. The second kappa shape index (κ2) is 7.53. The number of carbonyl (C=O) groups excluding carboxylic acids is 1. The van der Waals surface area contributed by atoms with Crippen molar-refractivity contribution in [3.8, 4) is 0 Å². The van der Waals surface area contributed by atoms with Gasteiger partial charge in [-0.05, 0) is 12.8 Å². The number of carbonyl (C=O) groups is 1. The number of amides is 1. The van der Waals surface area contributed by atoms with Crippen molar-refractivity contribution in [2.24, 2.45) is 5.92 Å². The van der Waals surface area contributed by atoms with Crippen molar-refractivity contribution in [3.05, 3.63) is 0 Å². The molecule has 0 unspecified atom stereocenters. The molecule has 21 heavy (non-hydrogen) atoms. The van der Waals surface area contributed by atoms with Crippen molar-refractivity contribution in [2.75, 3.05) is 58.9 Å². The average Bonchev–Trinajstić information content (AvgIpc) is 2.53. The van der Waals surface area contributed by atoms with Crippen LogP contribution in [0.3, 0.4) is 0 Å². The lowest BCUT2D eigenvalue weighted by Gasteiger charge is -2.35. The minimum Gasteiger partial charge on any atom is -0.384 e. The van der Waals surface area contributed by atoms with Crippen molar-refractivity contribution < 1.29 is 22.7 Å². The number of rotatable bonds is 5. The summed E-state index contributed by atoms with van der Waals surface area (Å²) < 4.78 is 35.7. The fraction of sp³-hybridized carbons (Fsp3) is 0.923. The maximum Gasteiger partial charge on any atom is 0.225 e. The summed E-state index contributed by atoms with van der Waals surface area (Å²) in [6, 6.07) is 0. The number of nitrogens with zero attached hydrogens (tertiary/aromatic N) is 2. The van der Waals surface area contributed by atoms with Crippen LogP contribution in [0.4, 0.5) is 0 Å². The number of sulfonamides is 1. The van der Waals surface area contributed by atoms with Gasteiger partial charge in [-0.2, -0.15) is 0 Å². The van der Waals surface area contributed by atoms with Crippen molar-refractivity contribution in [1.29, 1.82) is 0 Å². The Hall–Kier alpha value is -0.700. The summed E-state index contributed by atoms with van der Waals surface area (Å²) in [6.07, 6.45) is 1.20. The summed E-state index contributed by atoms with van der Waals surface area (Å²) in [7, 11) is -1.77. The summed E-state index contributed by atoms with van der Waals surface area (Å²) in [4.78, 5) is 14.2. The van der Waals surface area contributed by atoms with Crippen LogP contribution in [-0.4, -0.2) is 82.4 Å². The third-order valence-electron chi connectivity index (χ3n) is 4.06. The normalized spacial score (nSPS) is 22.4. The van der Waals surface area contributed by atoms with Gasteiger partial charge in [0.15, 0.2) is 0 Å². The highest BCUT2D eigenvalue weighted by Crippen LogP contribution is 2.22. The molecule has 0 atom stereocenters. The Morgan fingerprint density at radius 1 is 1.19 bits per heavy atom. The number of morpholine rings is 1. The second-order valence-electron chi connectivity index (χ2n) is 5.42. The van der Waals surface area contributed by atoms with E-state index in [1.807, 2.05) is 4.90 Å². The first kappa shape index (κ1) is 16.7. The zero-order valence-electron chi connectivity index (χ0n) is 12.5. The van der Waals surface area contributed by atoms with Gasteiger partial charge >= 0.3 is 0 Å². The van der Waals surface area contributed by atoms with Gasteiger partial charge in [0.25, 0.3) is 0 Å². The van der Waals surface area contributed by atoms with E-state index in [-0.39, 0.29) is 24.2 Å². The van der Waals surface area contributed by atoms with Gasteiger partial charge in [0.2, 0.25) is 15.9 Å². The van der Waals surface area contributed by atoms with E-state index in [4.69, 9.17) is 9.47 Å². The molecule has 0 saturated carbocycles. The largest absolute Gasteiger partial charge is 0.384 e. The first-order valence-corrected chi connectivity index (χ1v) is 8.99. The Morgan fingerprint density at radius 2 is 1.81 bits per heavy atom. The SMILES string of the molecule is COCCS(=O)(=O)N1CCC(C(=O)N2CCOCC2)CC1. The van der Waals surface area contributed by atoms with Gasteiger partial charge in [0, 0.05) is 39.2 Å². The number of hydrogen-bond donors (Lipinski definition) is 0. The van der Waals surface area contributed by atoms with Crippen LogP contribution in [0, 0.1) is 5.92 Å². The van der Waals surface area contributed by atoms with E-state index in [1.165, 1.54) is 11.4 Å². The van der Waals surface area contributed by atoms with Crippen LogP contribution >= 0.6 is 0 Å². The lowest BCUT2D eigenvalue weighted by molar-refractivity contribution is -0.140. The van der Waals surface area contributed by atoms with E-state index < -0.39 is 10.0 Å². The van der Waals surface area contributed by atoms with Crippen LogP contribution in [-0.2, 0) is 24.3 Å². The molecule has 7 nitrogen and oxygen atoms in total. The first-order valence-electron chi connectivity index (χ1n) is 7.38. The standard InChI is InChI=1S/C13H24N2O5S/c1-19-10-11-21(17,18)15-4-2-12(3-5-15)13(16)14-6-8-20-9-7-14/h12H,2-11H2,1H3. The highest BCUT2D eigenvalue weighted by atomic mass is 32.2. The predicted octanol–water partition coefficient (Wildman–Crippen LogP) is -0.467. The third-order valence-corrected chi connectivity index (χ3v) is 5.90. The minimum absolute atomic E-state index is 0.00553. The highest BCUT2D eigenvalue weighted by molar-refractivity contribution is 7.89. The molecule has 2 saturated heterocycles. The van der Waals surface area contributed by atoms with Gasteiger partial charge in [0.05, 0.1) is 25.6 Å². The topological polar surface area (TPSA) is 76.2 Å². The van der Waals surface area contributed by atoms with Gasteiger partial charge in [-0.3, -0.25) is 4.79 Å². The molecule has 2 aliphatic heterocycles. The van der Waals surface area contributed by atoms with E-state index >= 15 is 0 Å². The molecule has 0 aromatic rings. The molecule has 0 spiro atoms. The molecule has 122 valence electrons. The van der Waals surface area contributed by atoms with Crippen molar-refractivity contribution in [1.82, 2.24) is 9.21 Å². The molecule has 2 aliphatic rings. The molecule has 8 heteroatoms. The monoisotopic (exact) mass is 320 g/mol. The van der Waals surface area contributed by atoms with Gasteiger partial charge in [0.1, 0.15) is 0 Å². The molecule has 2 heterocycles. The Balaban J connectivity index is 1.83. The van der Waals surface area contributed by atoms with Gasteiger partial charge in [-0.1, -0.05) is 0 Å². The van der Waals surface area contributed by atoms with Gasteiger partial charge in [-0.15, -0.1) is 0 Å². The van der Waals surface area contributed by atoms with E-state index in [9.17, 15) is 13.2 Å². The number of piperidine rings is 1. The quantitative estimate of drug-likeness (QED) is 0.685. The molecule has 1 amide bonds. The smallest absolute Gasteiger partial charge is 0.225 e. The maximum atomic E-state index is 12.4. The Bertz CT molecular complexity index is 439. The summed E-state index contributed by atoms with van der Waals surface area (Å²) in [5.41, 5.74) is 0. The molecule has 2 rings (SSSR count). The minimum atomic E-state index is -3.26. The number of methoxy groups -OCH3 is 1. The van der Waals surface area contributed by atoms with E-state index in [1.54, 1.807) is 0 Å². The molecule has 0 N–H and O–H groups in total. The summed E-state index contributed by atoms with van der Waals surface area (Å²) >= 11 is 0. The van der Waals surface area contributed by atoms with Gasteiger partial charge < -0.3 is 14.4 Å². The van der Waals surface area contributed by atoms with E-state index in [0.29, 0.717) is 52.2 Å². The zero-order valence-corrected chi connectivity index (χ0v) is 13.3. The fourth-order valence-corrected chi connectivity index (χ4v) is 4.14. The zero-order chi connectivity index (χ0) is 15.3. The highest BCUT2D eigenvalue weighted by Gasteiger charge is 2.33. The van der Waals surface area contributed by atoms with Crippen LogP contribution < -0.4 is 0 Å². The van der Waals surface area contributed by atoms with Crippen molar-refractivity contribution in [2.45, 2.75) is 12.8 Å². The van der Waals surface area contributed by atoms with Crippen LogP contribution in [0.15, 0.2) is 0 Å². The van der Waals surface area contributed by atoms with Crippen LogP contribution in [0.25, 0.3) is 0 Å². The molecule has 0 radical (unpaired) electrons. The first-order chi connectivity index (χ1) is 10.0. The lowest BCUT2D eigenvalue weighted by Crippen LogP contribution is -2.48. The molecule has 0 aromatic carbocycles. The maximum absolute atomic E-state index is 12.4. The van der Waals surface area contributed by atoms with Crippen molar-refractivity contribution in [3.63, 3.8) is 0 Å². The van der Waals surface area contributed by atoms with Crippen LogP contribution in [0.2, 0.25) is 0 Å². The Labute approximate surface area is 126 Å². The Morgan fingerprint density at radius 3 is 2.38 bits per heavy atom. The molecular weight excluding hydrogens is 296 g/mol. The van der Waals surface area contributed by atoms with E-state index in [0.717, 1.165) is 0 Å². The number of hydrogen-bond acceptors (Lipinski definition) is 5. The fourth-order valence-electron chi connectivity index (χ4n) is 2.74. The van der Waals surface area contributed by atoms with Crippen molar-refractivity contribution >= 4 is 15.9 Å². The lowest BCUT2D eigenvalue weighted by atomic mass is 9.96. The average molecular weight is 320 g/mol. The number of ether oxygens (including phenoxy) is 2. The molecule has 2 fully saturated rings. The van der Waals surface area contributed by atoms with Gasteiger partial charge in [-0.25, -0.2) is 12.7 Å². The van der Waals surface area contributed by atoms with Crippen LogP contribution in [0.1, 0.15) is 12.8 Å². The third kappa shape index (κ3) is 4.38. The second-order valence-corrected chi connectivity index (χ2v) is 7.51. The summed E-state index contributed by atoms with van der Waals surface area (Å²) in [5.74, 6) is 0.0928. The summed E-state index contributed by atoms with van der Waals surface area (Å²) in [6.45, 7) is 3.52. The van der Waals surface area contributed by atoms with E-state index in [2.05, 4.69) is 0 Å². The predicted molar refractivity (Wildman–Crippen MR) is 77.4 cm³/mol.